The Morgan fingerprint density at radius 1 is 0.943 bits per heavy atom. The Morgan fingerprint density at radius 2 is 1.63 bits per heavy atom. The van der Waals surface area contributed by atoms with Gasteiger partial charge in [-0.3, -0.25) is 23.9 Å². The van der Waals surface area contributed by atoms with Crippen LogP contribution in [0.15, 0.2) is 71.5 Å². The number of nitrogens with zero attached hydrogens (tertiary/aromatic N) is 3. The lowest BCUT2D eigenvalue weighted by molar-refractivity contribution is -0.117. The minimum absolute atomic E-state index is 0.00362. The second-order valence-electron chi connectivity index (χ2n) is 8.77. The summed E-state index contributed by atoms with van der Waals surface area (Å²) in [4.78, 5) is 45.1. The maximum absolute atomic E-state index is 13.6. The standard InChI is InChI=1S/C28H28N4O3/c1-18-9-12-22(13-10-18)16-31(21(4)33)27-28(35)32(25-8-6-5-7-24(25)30-27)17-26(34)29-23-14-11-19(2)15-20(23)3/h5-15H,16-17H2,1-4H3,(H,29,34). The molecular formula is C28H28N4O3. The van der Waals surface area contributed by atoms with Gasteiger partial charge in [-0.05, 0) is 50.1 Å². The van der Waals surface area contributed by atoms with Gasteiger partial charge in [-0.15, -0.1) is 0 Å². The fourth-order valence-corrected chi connectivity index (χ4v) is 4.01. The molecule has 3 aromatic carbocycles. The van der Waals surface area contributed by atoms with Crippen molar-refractivity contribution in [2.45, 2.75) is 40.8 Å². The molecule has 1 heterocycles. The Morgan fingerprint density at radius 3 is 2.31 bits per heavy atom. The number of para-hydroxylation sites is 2. The lowest BCUT2D eigenvalue weighted by atomic mass is 10.1. The zero-order valence-corrected chi connectivity index (χ0v) is 20.3. The van der Waals surface area contributed by atoms with Crippen LogP contribution in [0.1, 0.15) is 29.2 Å². The van der Waals surface area contributed by atoms with E-state index in [1.807, 2.05) is 69.3 Å². The quantitative estimate of drug-likeness (QED) is 0.451. The lowest BCUT2D eigenvalue weighted by Gasteiger charge is -2.22. The van der Waals surface area contributed by atoms with E-state index in [1.165, 1.54) is 16.4 Å². The summed E-state index contributed by atoms with van der Waals surface area (Å²) in [6.07, 6.45) is 0. The second-order valence-corrected chi connectivity index (χ2v) is 8.77. The van der Waals surface area contributed by atoms with E-state index in [1.54, 1.807) is 18.2 Å². The molecule has 0 fully saturated rings. The van der Waals surface area contributed by atoms with Crippen LogP contribution in [0, 0.1) is 20.8 Å². The van der Waals surface area contributed by atoms with E-state index >= 15 is 0 Å². The number of hydrogen-bond acceptors (Lipinski definition) is 4. The minimum Gasteiger partial charge on any atom is -0.324 e. The topological polar surface area (TPSA) is 84.3 Å². The molecule has 0 spiro atoms. The average molecular weight is 469 g/mol. The van der Waals surface area contributed by atoms with E-state index in [0.717, 1.165) is 22.3 Å². The van der Waals surface area contributed by atoms with Crippen molar-refractivity contribution in [3.8, 4) is 0 Å². The van der Waals surface area contributed by atoms with Crippen LogP contribution < -0.4 is 15.8 Å². The Balaban J connectivity index is 1.73. The van der Waals surface area contributed by atoms with Crippen LogP contribution in [0.5, 0.6) is 0 Å². The van der Waals surface area contributed by atoms with Crippen molar-refractivity contribution in [1.82, 2.24) is 9.55 Å². The van der Waals surface area contributed by atoms with Gasteiger partial charge in [0.1, 0.15) is 6.54 Å². The van der Waals surface area contributed by atoms with Gasteiger partial charge in [-0.2, -0.15) is 0 Å². The first-order valence-electron chi connectivity index (χ1n) is 11.4. The summed E-state index contributed by atoms with van der Waals surface area (Å²) in [5.74, 6) is -0.651. The largest absolute Gasteiger partial charge is 0.324 e. The first-order chi connectivity index (χ1) is 16.7. The maximum atomic E-state index is 13.6. The molecule has 0 saturated carbocycles. The number of anilines is 2. The predicted octanol–water partition coefficient (Wildman–Crippen LogP) is 4.51. The van der Waals surface area contributed by atoms with E-state index < -0.39 is 5.56 Å². The van der Waals surface area contributed by atoms with Gasteiger partial charge in [0.25, 0.3) is 5.56 Å². The molecule has 2 amide bonds. The highest BCUT2D eigenvalue weighted by Crippen LogP contribution is 2.19. The molecule has 1 aromatic heterocycles. The zero-order valence-electron chi connectivity index (χ0n) is 20.3. The fraction of sp³-hybridized carbons (Fsp3) is 0.214. The Hall–Kier alpha value is -4.26. The first-order valence-corrected chi connectivity index (χ1v) is 11.4. The average Bonchev–Trinajstić information content (AvgIpc) is 2.82. The molecule has 4 rings (SSSR count). The second kappa shape index (κ2) is 9.93. The number of rotatable bonds is 6. The molecule has 0 bridgehead atoms. The van der Waals surface area contributed by atoms with Crippen LogP contribution in [0.3, 0.4) is 0 Å². The molecule has 0 atom stereocenters. The summed E-state index contributed by atoms with van der Waals surface area (Å²) in [5.41, 5.74) is 5.25. The summed E-state index contributed by atoms with van der Waals surface area (Å²) in [6, 6.07) is 20.6. The van der Waals surface area contributed by atoms with Crippen molar-refractivity contribution in [1.29, 1.82) is 0 Å². The molecule has 35 heavy (non-hydrogen) atoms. The van der Waals surface area contributed by atoms with Crippen LogP contribution in [0.25, 0.3) is 11.0 Å². The van der Waals surface area contributed by atoms with Crippen LogP contribution in [0.4, 0.5) is 11.5 Å². The maximum Gasteiger partial charge on any atom is 0.294 e. The van der Waals surface area contributed by atoms with Crippen LogP contribution in [-0.2, 0) is 22.7 Å². The third-order valence-corrected chi connectivity index (χ3v) is 5.89. The van der Waals surface area contributed by atoms with Gasteiger partial charge in [0.15, 0.2) is 0 Å². The van der Waals surface area contributed by atoms with Gasteiger partial charge < -0.3 is 5.32 Å². The van der Waals surface area contributed by atoms with E-state index in [4.69, 9.17) is 0 Å². The fourth-order valence-electron chi connectivity index (χ4n) is 4.01. The van der Waals surface area contributed by atoms with E-state index in [2.05, 4.69) is 10.3 Å². The number of nitrogens with one attached hydrogen (secondary N) is 1. The molecule has 0 aliphatic heterocycles. The molecule has 178 valence electrons. The number of fused-ring (bicyclic) bond motifs is 1. The number of amides is 2. The molecule has 4 aromatic rings. The monoisotopic (exact) mass is 468 g/mol. The normalized spacial score (nSPS) is 10.9. The van der Waals surface area contributed by atoms with Crippen LogP contribution in [-0.4, -0.2) is 21.4 Å². The predicted molar refractivity (Wildman–Crippen MR) is 139 cm³/mol. The number of benzene rings is 3. The molecule has 1 N–H and O–H groups in total. The van der Waals surface area contributed by atoms with E-state index in [9.17, 15) is 14.4 Å². The molecule has 0 saturated heterocycles. The number of aromatic nitrogens is 2. The van der Waals surface area contributed by atoms with Gasteiger partial charge in [-0.1, -0.05) is 59.7 Å². The minimum atomic E-state index is -0.498. The molecular weight excluding hydrogens is 440 g/mol. The summed E-state index contributed by atoms with van der Waals surface area (Å²) < 4.78 is 1.38. The highest BCUT2D eigenvalue weighted by atomic mass is 16.2. The van der Waals surface area contributed by atoms with Gasteiger partial charge in [-0.25, -0.2) is 4.98 Å². The smallest absolute Gasteiger partial charge is 0.294 e. The molecule has 7 nitrogen and oxygen atoms in total. The van der Waals surface area contributed by atoms with Crippen molar-refractivity contribution < 1.29 is 9.59 Å². The molecule has 7 heteroatoms. The summed E-state index contributed by atoms with van der Waals surface area (Å²) in [7, 11) is 0. The summed E-state index contributed by atoms with van der Waals surface area (Å²) >= 11 is 0. The number of carbonyl (C=O) groups is 2. The Kier molecular flexibility index (Phi) is 6.78. The number of carbonyl (C=O) groups excluding carboxylic acids is 2. The highest BCUT2D eigenvalue weighted by Gasteiger charge is 2.22. The number of aryl methyl sites for hydroxylation is 3. The van der Waals surface area contributed by atoms with Crippen molar-refractivity contribution >= 4 is 34.4 Å². The summed E-state index contributed by atoms with van der Waals surface area (Å²) in [5, 5.41) is 2.89. The lowest BCUT2D eigenvalue weighted by Crippen LogP contribution is -2.38. The molecule has 0 unspecified atom stereocenters. The van der Waals surface area contributed by atoms with Gasteiger partial charge in [0.2, 0.25) is 17.6 Å². The third kappa shape index (κ3) is 5.30. The van der Waals surface area contributed by atoms with Gasteiger partial charge >= 0.3 is 0 Å². The molecule has 0 aliphatic rings. The van der Waals surface area contributed by atoms with Crippen molar-refractivity contribution in [3.05, 3.63) is 99.3 Å². The molecule has 0 radical (unpaired) electrons. The molecule has 0 aliphatic carbocycles. The zero-order chi connectivity index (χ0) is 25.1. The first kappa shape index (κ1) is 23.9. The van der Waals surface area contributed by atoms with E-state index in [-0.39, 0.29) is 30.7 Å². The van der Waals surface area contributed by atoms with Crippen LogP contribution in [0.2, 0.25) is 0 Å². The summed E-state index contributed by atoms with van der Waals surface area (Å²) in [6.45, 7) is 7.29. The SMILES string of the molecule is CC(=O)N(Cc1ccc(C)cc1)c1nc2ccccc2n(CC(=O)Nc2ccc(C)cc2C)c1=O. The van der Waals surface area contributed by atoms with Gasteiger partial charge in [0, 0.05) is 12.6 Å². The Labute approximate surface area is 204 Å². The van der Waals surface area contributed by atoms with Crippen molar-refractivity contribution in [2.75, 3.05) is 10.2 Å². The van der Waals surface area contributed by atoms with Crippen molar-refractivity contribution in [2.24, 2.45) is 0 Å². The highest BCUT2D eigenvalue weighted by molar-refractivity contribution is 5.94. The third-order valence-electron chi connectivity index (χ3n) is 5.89. The van der Waals surface area contributed by atoms with Crippen molar-refractivity contribution in [3.63, 3.8) is 0 Å². The van der Waals surface area contributed by atoms with E-state index in [0.29, 0.717) is 16.7 Å². The Bertz CT molecular complexity index is 1470. The number of hydrogen-bond donors (Lipinski definition) is 1. The van der Waals surface area contributed by atoms with Crippen LogP contribution >= 0.6 is 0 Å². The van der Waals surface area contributed by atoms with Gasteiger partial charge in [0.05, 0.1) is 17.6 Å².